The molecule has 0 N–H and O–H groups in total. The van der Waals surface area contributed by atoms with Gasteiger partial charge in [-0.05, 0) is 26.7 Å². The van der Waals surface area contributed by atoms with E-state index in [0.29, 0.717) is 18.3 Å². The van der Waals surface area contributed by atoms with Crippen LogP contribution in [0.4, 0.5) is 0 Å². The van der Waals surface area contributed by atoms with Crippen molar-refractivity contribution in [2.75, 3.05) is 18.8 Å². The predicted molar refractivity (Wildman–Crippen MR) is 101 cm³/mol. The van der Waals surface area contributed by atoms with Gasteiger partial charge in [0.1, 0.15) is 0 Å². The van der Waals surface area contributed by atoms with Crippen LogP contribution in [0.15, 0.2) is 0 Å². The van der Waals surface area contributed by atoms with Crippen LogP contribution < -0.4 is 0 Å². The van der Waals surface area contributed by atoms with Gasteiger partial charge in [-0.15, -0.1) is 0 Å². The number of nitrogens with zero attached hydrogens (tertiary/aromatic N) is 1. The van der Waals surface area contributed by atoms with Gasteiger partial charge >= 0.3 is 0 Å². The maximum absolute atomic E-state index is 12.2. The van der Waals surface area contributed by atoms with Crippen molar-refractivity contribution in [2.24, 2.45) is 0 Å². The topological polar surface area (TPSA) is 37.4 Å². The lowest BCUT2D eigenvalue weighted by Gasteiger charge is -2.42. The van der Waals surface area contributed by atoms with Gasteiger partial charge < -0.3 is 0 Å². The summed E-state index contributed by atoms with van der Waals surface area (Å²) in [5.41, 5.74) is 0. The lowest BCUT2D eigenvalue weighted by atomic mass is 9.98. The average Bonchev–Trinajstić information content (AvgIpc) is 2.48. The average molecular weight is 346 g/mol. The Balaban J connectivity index is 2.57. The molecule has 1 aliphatic heterocycles. The molecule has 0 aliphatic carbocycles. The molecule has 0 amide bonds. The molecule has 23 heavy (non-hydrogen) atoms. The molecule has 0 aromatic heterocycles. The molecular weight excluding hydrogens is 306 g/mol. The first kappa shape index (κ1) is 21.0. The van der Waals surface area contributed by atoms with Crippen LogP contribution >= 0.6 is 0 Å². The number of sulfone groups is 1. The summed E-state index contributed by atoms with van der Waals surface area (Å²) >= 11 is 0. The maximum atomic E-state index is 12.2. The first-order valence-corrected chi connectivity index (χ1v) is 11.5. The Kier molecular flexibility index (Phi) is 9.13. The molecule has 0 radical (unpaired) electrons. The normalized spacial score (nSPS) is 22.1. The second-order valence-electron chi connectivity index (χ2n) is 7.90. The van der Waals surface area contributed by atoms with Gasteiger partial charge in [-0.1, -0.05) is 65.2 Å². The second kappa shape index (κ2) is 10.0. The van der Waals surface area contributed by atoms with Crippen LogP contribution in [0.25, 0.3) is 0 Å². The summed E-state index contributed by atoms with van der Waals surface area (Å²) < 4.78 is 23.9. The lowest BCUT2D eigenvalue weighted by Crippen LogP contribution is -2.55. The molecule has 1 fully saturated rings. The summed E-state index contributed by atoms with van der Waals surface area (Å²) in [6.45, 7) is 9.75. The molecule has 0 aromatic rings. The van der Waals surface area contributed by atoms with E-state index in [2.05, 4.69) is 18.7 Å². The van der Waals surface area contributed by atoms with Gasteiger partial charge in [0.05, 0.1) is 10.5 Å². The molecule has 138 valence electrons. The van der Waals surface area contributed by atoms with Gasteiger partial charge in [-0.25, -0.2) is 8.42 Å². The van der Waals surface area contributed by atoms with Crippen molar-refractivity contribution in [1.82, 2.24) is 4.90 Å². The SMILES string of the molecule is CCCCCCCC(CCCCC)N1CCS(=O)(=O)C(C)(C)C1. The number of unbranched alkanes of at least 4 members (excludes halogenated alkanes) is 6. The first-order chi connectivity index (χ1) is 10.8. The minimum absolute atomic E-state index is 0.333. The molecule has 0 spiro atoms. The number of rotatable bonds is 11. The van der Waals surface area contributed by atoms with Crippen molar-refractivity contribution < 1.29 is 8.42 Å². The summed E-state index contributed by atoms with van der Waals surface area (Å²) in [7, 11) is -2.93. The highest BCUT2D eigenvalue weighted by molar-refractivity contribution is 7.92. The molecule has 0 bridgehead atoms. The standard InChI is InChI=1S/C19H39NO2S/c1-5-7-9-10-12-14-18(13-11-8-6-2)20-15-16-23(21,22)19(3,4)17-20/h18H,5-17H2,1-4H3. The fourth-order valence-corrected chi connectivity index (χ4v) is 5.00. The molecule has 0 saturated carbocycles. The van der Waals surface area contributed by atoms with Crippen molar-refractivity contribution in [3.05, 3.63) is 0 Å². The molecule has 4 heteroatoms. The smallest absolute Gasteiger partial charge is 0.157 e. The van der Waals surface area contributed by atoms with Gasteiger partial charge in [0, 0.05) is 19.1 Å². The lowest BCUT2D eigenvalue weighted by molar-refractivity contribution is 0.157. The third kappa shape index (κ3) is 6.74. The molecule has 1 atom stereocenters. The van der Waals surface area contributed by atoms with Crippen LogP contribution in [0.3, 0.4) is 0 Å². The van der Waals surface area contributed by atoms with E-state index in [9.17, 15) is 8.42 Å². The summed E-state index contributed by atoms with van der Waals surface area (Å²) in [4.78, 5) is 2.48. The van der Waals surface area contributed by atoms with Crippen LogP contribution in [0.1, 0.15) is 91.9 Å². The summed E-state index contributed by atoms with van der Waals surface area (Å²) in [6, 6.07) is 0.581. The van der Waals surface area contributed by atoms with E-state index < -0.39 is 14.6 Å². The predicted octanol–water partition coefficient (Wildman–Crippen LogP) is 4.80. The first-order valence-electron chi connectivity index (χ1n) is 9.80. The molecule has 0 aromatic carbocycles. The van der Waals surface area contributed by atoms with Gasteiger partial charge in [-0.2, -0.15) is 0 Å². The van der Waals surface area contributed by atoms with E-state index in [0.717, 1.165) is 6.54 Å². The maximum Gasteiger partial charge on any atom is 0.157 e. The number of hydrogen-bond donors (Lipinski definition) is 0. The van der Waals surface area contributed by atoms with Gasteiger partial charge in [-0.3, -0.25) is 4.90 Å². The highest BCUT2D eigenvalue weighted by atomic mass is 32.2. The highest BCUT2D eigenvalue weighted by Gasteiger charge is 2.41. The van der Waals surface area contributed by atoms with E-state index in [1.165, 1.54) is 64.2 Å². The van der Waals surface area contributed by atoms with Crippen molar-refractivity contribution >= 4 is 9.84 Å². The van der Waals surface area contributed by atoms with E-state index in [-0.39, 0.29) is 0 Å². The van der Waals surface area contributed by atoms with Crippen LogP contribution in [0, 0.1) is 0 Å². The van der Waals surface area contributed by atoms with Crippen LogP contribution in [-0.2, 0) is 9.84 Å². The monoisotopic (exact) mass is 345 g/mol. The van der Waals surface area contributed by atoms with E-state index in [4.69, 9.17) is 0 Å². The zero-order chi connectivity index (χ0) is 17.3. The highest BCUT2D eigenvalue weighted by Crippen LogP contribution is 2.28. The van der Waals surface area contributed by atoms with E-state index in [1.807, 2.05) is 13.8 Å². The zero-order valence-electron chi connectivity index (χ0n) is 15.9. The Labute approximate surface area is 145 Å². The minimum Gasteiger partial charge on any atom is -0.298 e. The van der Waals surface area contributed by atoms with Crippen LogP contribution in [-0.4, -0.2) is 42.9 Å². The van der Waals surface area contributed by atoms with Gasteiger partial charge in [0.25, 0.3) is 0 Å². The summed E-state index contributed by atoms with van der Waals surface area (Å²) in [6.07, 6.45) is 12.9. The van der Waals surface area contributed by atoms with Crippen LogP contribution in [0.5, 0.6) is 0 Å². The fraction of sp³-hybridized carbons (Fsp3) is 1.00. The van der Waals surface area contributed by atoms with E-state index in [1.54, 1.807) is 0 Å². The van der Waals surface area contributed by atoms with Gasteiger partial charge in [0.2, 0.25) is 0 Å². The zero-order valence-corrected chi connectivity index (χ0v) is 16.8. The molecule has 3 nitrogen and oxygen atoms in total. The largest absolute Gasteiger partial charge is 0.298 e. The molecular formula is C19H39NO2S. The molecule has 1 saturated heterocycles. The Morgan fingerprint density at radius 1 is 0.913 bits per heavy atom. The fourth-order valence-electron chi connectivity index (χ4n) is 3.61. The Morgan fingerprint density at radius 3 is 2.00 bits per heavy atom. The third-order valence-electron chi connectivity index (χ3n) is 5.37. The quantitative estimate of drug-likeness (QED) is 0.505. The molecule has 1 heterocycles. The van der Waals surface area contributed by atoms with Crippen molar-refractivity contribution in [1.29, 1.82) is 0 Å². The Morgan fingerprint density at radius 2 is 1.43 bits per heavy atom. The van der Waals surface area contributed by atoms with Crippen molar-refractivity contribution in [3.63, 3.8) is 0 Å². The van der Waals surface area contributed by atoms with E-state index >= 15 is 0 Å². The molecule has 1 rings (SSSR count). The molecule has 1 unspecified atom stereocenters. The minimum atomic E-state index is -2.93. The molecule has 1 aliphatic rings. The summed E-state index contributed by atoms with van der Waals surface area (Å²) in [5, 5.41) is 0. The number of hydrogen-bond acceptors (Lipinski definition) is 3. The van der Waals surface area contributed by atoms with Crippen molar-refractivity contribution in [2.45, 2.75) is 103 Å². The van der Waals surface area contributed by atoms with Crippen LogP contribution in [0.2, 0.25) is 0 Å². The summed E-state index contributed by atoms with van der Waals surface area (Å²) in [5.74, 6) is 0.333. The van der Waals surface area contributed by atoms with Gasteiger partial charge in [0.15, 0.2) is 9.84 Å². The Bertz CT molecular complexity index is 417. The Hall–Kier alpha value is -0.0900. The van der Waals surface area contributed by atoms with Crippen molar-refractivity contribution in [3.8, 4) is 0 Å². The third-order valence-corrected chi connectivity index (χ3v) is 7.90. The second-order valence-corrected chi connectivity index (χ2v) is 10.6.